The Morgan fingerprint density at radius 2 is 1.50 bits per heavy atom. The lowest BCUT2D eigenvalue weighted by Gasteiger charge is -2.39. The summed E-state index contributed by atoms with van der Waals surface area (Å²) in [6.45, 7) is 19.2. The van der Waals surface area contributed by atoms with Gasteiger partial charge in [0.25, 0.3) is 0 Å². The SMILES string of the molecule is CC(N)CC(C)CN(CC(C)(C)CC(C)(C)N)C(=O)C(C)CC(C)(C)C(N)=O. The van der Waals surface area contributed by atoms with Crippen LogP contribution >= 0.6 is 0 Å². The molecule has 0 fully saturated rings. The Labute approximate surface area is 173 Å². The Hall–Kier alpha value is -1.14. The van der Waals surface area contributed by atoms with Crippen molar-refractivity contribution in [3.05, 3.63) is 0 Å². The minimum atomic E-state index is -0.715. The van der Waals surface area contributed by atoms with E-state index in [4.69, 9.17) is 17.2 Å². The molecule has 3 atom stereocenters. The van der Waals surface area contributed by atoms with Gasteiger partial charge in [-0.15, -0.1) is 0 Å². The smallest absolute Gasteiger partial charge is 0.225 e. The van der Waals surface area contributed by atoms with Gasteiger partial charge in [0.2, 0.25) is 11.8 Å². The van der Waals surface area contributed by atoms with Crippen LogP contribution in [0.1, 0.15) is 81.6 Å². The van der Waals surface area contributed by atoms with Crippen LogP contribution in [0.3, 0.4) is 0 Å². The van der Waals surface area contributed by atoms with E-state index in [1.807, 2.05) is 32.6 Å². The first-order valence-corrected chi connectivity index (χ1v) is 10.5. The highest BCUT2D eigenvalue weighted by Crippen LogP contribution is 2.31. The van der Waals surface area contributed by atoms with Crippen LogP contribution in [0.15, 0.2) is 0 Å². The highest BCUT2D eigenvalue weighted by Gasteiger charge is 2.35. The molecule has 0 heterocycles. The van der Waals surface area contributed by atoms with Crippen molar-refractivity contribution in [2.75, 3.05) is 13.1 Å². The largest absolute Gasteiger partial charge is 0.369 e. The van der Waals surface area contributed by atoms with Crippen LogP contribution in [-0.2, 0) is 9.59 Å². The van der Waals surface area contributed by atoms with Gasteiger partial charge in [-0.1, -0.05) is 41.5 Å². The van der Waals surface area contributed by atoms with Crippen LogP contribution in [0.2, 0.25) is 0 Å². The minimum absolute atomic E-state index is 0.0637. The molecule has 6 N–H and O–H groups in total. The molecule has 0 spiro atoms. The van der Waals surface area contributed by atoms with Crippen LogP contribution in [-0.4, -0.2) is 41.4 Å². The van der Waals surface area contributed by atoms with Gasteiger partial charge in [0.05, 0.1) is 0 Å². The molecule has 0 aromatic rings. The number of amides is 2. The van der Waals surface area contributed by atoms with Crippen molar-refractivity contribution in [1.82, 2.24) is 4.90 Å². The van der Waals surface area contributed by atoms with Crippen molar-refractivity contribution >= 4 is 11.8 Å². The molecule has 0 aliphatic rings. The zero-order chi connectivity index (χ0) is 22.5. The van der Waals surface area contributed by atoms with E-state index >= 15 is 0 Å². The molecule has 0 radical (unpaired) electrons. The Balaban J connectivity index is 5.46. The lowest BCUT2D eigenvalue weighted by Crippen LogP contribution is -2.48. The summed E-state index contributed by atoms with van der Waals surface area (Å²) >= 11 is 0. The summed E-state index contributed by atoms with van der Waals surface area (Å²) in [7, 11) is 0. The average Bonchev–Trinajstić information content (AvgIpc) is 2.40. The molecule has 0 aliphatic carbocycles. The third kappa shape index (κ3) is 10.4. The highest BCUT2D eigenvalue weighted by atomic mass is 16.2. The summed E-state index contributed by atoms with van der Waals surface area (Å²) in [5, 5.41) is 0. The van der Waals surface area contributed by atoms with E-state index in [1.54, 1.807) is 13.8 Å². The van der Waals surface area contributed by atoms with Gasteiger partial charge in [-0.2, -0.15) is 0 Å². The number of primary amides is 1. The quantitative estimate of drug-likeness (QED) is 0.469. The third-order valence-corrected chi connectivity index (χ3v) is 5.08. The number of carbonyl (C=O) groups is 2. The standard InChI is InChI=1S/C22H46N4O2/c1-15(10-17(3)23)12-26(14-20(4,5)13-22(8,9)25)18(27)16(2)11-21(6,7)19(24)28/h15-17H,10-14,23,25H2,1-9H3,(H2,24,28). The second-order valence-electron chi connectivity index (χ2n) is 11.2. The van der Waals surface area contributed by atoms with Gasteiger partial charge in [-0.25, -0.2) is 0 Å². The van der Waals surface area contributed by atoms with Gasteiger partial charge in [-0.05, 0) is 51.4 Å². The summed E-state index contributed by atoms with van der Waals surface area (Å²) in [4.78, 5) is 27.0. The lowest BCUT2D eigenvalue weighted by molar-refractivity contribution is -0.139. The summed E-state index contributed by atoms with van der Waals surface area (Å²) in [5.74, 6) is -0.309. The summed E-state index contributed by atoms with van der Waals surface area (Å²) < 4.78 is 0. The maximum absolute atomic E-state index is 13.3. The topological polar surface area (TPSA) is 115 Å². The predicted octanol–water partition coefficient (Wildman–Crippen LogP) is 2.88. The zero-order valence-corrected chi connectivity index (χ0v) is 19.8. The molecule has 2 amide bonds. The first kappa shape index (κ1) is 26.9. The molecule has 28 heavy (non-hydrogen) atoms. The van der Waals surface area contributed by atoms with Crippen molar-refractivity contribution in [3.63, 3.8) is 0 Å². The van der Waals surface area contributed by atoms with E-state index in [1.165, 1.54) is 0 Å². The van der Waals surface area contributed by atoms with Gasteiger partial charge >= 0.3 is 0 Å². The van der Waals surface area contributed by atoms with Crippen LogP contribution in [0.5, 0.6) is 0 Å². The minimum Gasteiger partial charge on any atom is -0.369 e. The number of nitrogens with zero attached hydrogens (tertiary/aromatic N) is 1. The average molecular weight is 399 g/mol. The first-order chi connectivity index (χ1) is 12.4. The Kier molecular flexibility index (Phi) is 9.65. The van der Waals surface area contributed by atoms with Crippen molar-refractivity contribution in [3.8, 4) is 0 Å². The molecule has 0 aromatic heterocycles. The normalized spacial score (nSPS) is 16.4. The van der Waals surface area contributed by atoms with E-state index in [0.717, 1.165) is 12.8 Å². The number of rotatable bonds is 12. The molecule has 0 aromatic carbocycles. The molecule has 166 valence electrons. The van der Waals surface area contributed by atoms with Gasteiger partial charge in [0, 0.05) is 36.0 Å². The molecule has 0 rings (SSSR count). The van der Waals surface area contributed by atoms with Crippen molar-refractivity contribution in [1.29, 1.82) is 0 Å². The van der Waals surface area contributed by atoms with E-state index in [-0.39, 0.29) is 34.7 Å². The molecule has 0 saturated heterocycles. The van der Waals surface area contributed by atoms with Gasteiger partial charge in [-0.3, -0.25) is 9.59 Å². The number of hydrogen-bond donors (Lipinski definition) is 3. The molecular weight excluding hydrogens is 352 g/mol. The molecule has 0 saturated carbocycles. The van der Waals surface area contributed by atoms with Crippen LogP contribution in [0, 0.1) is 22.7 Å². The Morgan fingerprint density at radius 1 is 1.00 bits per heavy atom. The molecule has 6 heteroatoms. The van der Waals surface area contributed by atoms with Gasteiger partial charge < -0.3 is 22.1 Å². The second-order valence-corrected chi connectivity index (χ2v) is 11.2. The number of carbonyl (C=O) groups excluding carboxylic acids is 2. The van der Waals surface area contributed by atoms with Crippen molar-refractivity contribution < 1.29 is 9.59 Å². The van der Waals surface area contributed by atoms with E-state index < -0.39 is 5.41 Å². The maximum Gasteiger partial charge on any atom is 0.225 e. The molecule has 6 nitrogen and oxygen atoms in total. The first-order valence-electron chi connectivity index (χ1n) is 10.5. The van der Waals surface area contributed by atoms with E-state index in [0.29, 0.717) is 25.4 Å². The fourth-order valence-corrected chi connectivity index (χ4v) is 4.39. The summed E-state index contributed by atoms with van der Waals surface area (Å²) in [5.41, 5.74) is 16.6. The number of nitrogens with two attached hydrogens (primary N) is 3. The lowest BCUT2D eigenvalue weighted by atomic mass is 9.79. The molecular formula is C22H46N4O2. The maximum atomic E-state index is 13.3. The zero-order valence-electron chi connectivity index (χ0n) is 19.8. The van der Waals surface area contributed by atoms with E-state index in [2.05, 4.69) is 20.8 Å². The Bertz CT molecular complexity index is 521. The van der Waals surface area contributed by atoms with Crippen molar-refractivity contribution in [2.24, 2.45) is 39.9 Å². The highest BCUT2D eigenvalue weighted by molar-refractivity contribution is 5.83. The van der Waals surface area contributed by atoms with Crippen LogP contribution in [0.25, 0.3) is 0 Å². The number of hydrogen-bond acceptors (Lipinski definition) is 4. The van der Waals surface area contributed by atoms with Crippen molar-refractivity contribution in [2.45, 2.75) is 93.2 Å². The van der Waals surface area contributed by atoms with E-state index in [9.17, 15) is 9.59 Å². The molecule has 3 unspecified atom stereocenters. The third-order valence-electron chi connectivity index (χ3n) is 5.08. The summed E-state index contributed by atoms with van der Waals surface area (Å²) in [6, 6.07) is 0.0918. The monoisotopic (exact) mass is 398 g/mol. The Morgan fingerprint density at radius 3 is 1.89 bits per heavy atom. The van der Waals surface area contributed by atoms with Gasteiger partial charge in [0.1, 0.15) is 0 Å². The molecule has 0 bridgehead atoms. The molecule has 0 aliphatic heterocycles. The summed E-state index contributed by atoms with van der Waals surface area (Å²) in [6.07, 6.45) is 2.09. The second kappa shape index (κ2) is 10.1. The van der Waals surface area contributed by atoms with Gasteiger partial charge in [0.15, 0.2) is 0 Å². The predicted molar refractivity (Wildman–Crippen MR) is 117 cm³/mol. The fourth-order valence-electron chi connectivity index (χ4n) is 4.39. The van der Waals surface area contributed by atoms with Crippen LogP contribution < -0.4 is 17.2 Å². The van der Waals surface area contributed by atoms with Crippen LogP contribution in [0.4, 0.5) is 0 Å². The fraction of sp³-hybridized carbons (Fsp3) is 0.909.